The second kappa shape index (κ2) is 12.5. The van der Waals surface area contributed by atoms with Crippen molar-refractivity contribution in [3.63, 3.8) is 0 Å². The number of aromatic nitrogens is 3. The van der Waals surface area contributed by atoms with Gasteiger partial charge in [0, 0.05) is 6.04 Å². The Morgan fingerprint density at radius 1 is 1.00 bits per heavy atom. The van der Waals surface area contributed by atoms with E-state index >= 15 is 0 Å². The van der Waals surface area contributed by atoms with E-state index < -0.39 is 0 Å². The van der Waals surface area contributed by atoms with Crippen LogP contribution in [0.4, 0.5) is 0 Å². The molecule has 3 rings (SSSR count). The maximum atomic E-state index is 12.6. The molecular weight excluding hydrogens is 448 g/mol. The van der Waals surface area contributed by atoms with Crippen LogP contribution in [0.2, 0.25) is 0 Å². The van der Waals surface area contributed by atoms with E-state index in [1.165, 1.54) is 18.2 Å². The van der Waals surface area contributed by atoms with Crippen LogP contribution < -0.4 is 14.8 Å². The molecular formula is C26H34N4O3S. The summed E-state index contributed by atoms with van der Waals surface area (Å²) in [5, 5.41) is 12.6. The third kappa shape index (κ3) is 6.76. The zero-order chi connectivity index (χ0) is 24.5. The van der Waals surface area contributed by atoms with E-state index in [0.29, 0.717) is 22.6 Å². The number of amides is 1. The number of rotatable bonds is 12. The summed E-state index contributed by atoms with van der Waals surface area (Å²) >= 11 is 1.36. The summed E-state index contributed by atoms with van der Waals surface area (Å²) in [6.07, 6.45) is 3.26. The topological polar surface area (TPSA) is 78.3 Å². The first-order valence-corrected chi connectivity index (χ1v) is 12.6. The van der Waals surface area contributed by atoms with Gasteiger partial charge in [-0.05, 0) is 55.7 Å². The highest BCUT2D eigenvalue weighted by Gasteiger charge is 2.20. The minimum atomic E-state index is -0.00910. The van der Waals surface area contributed by atoms with Crippen molar-refractivity contribution in [1.29, 1.82) is 0 Å². The Bertz CT molecular complexity index is 1070. The smallest absolute Gasteiger partial charge is 0.230 e. The van der Waals surface area contributed by atoms with Gasteiger partial charge in [-0.25, -0.2) is 0 Å². The molecule has 0 spiro atoms. The number of nitrogens with zero attached hydrogens (tertiary/aromatic N) is 3. The largest absolute Gasteiger partial charge is 0.497 e. The van der Waals surface area contributed by atoms with Gasteiger partial charge in [0.1, 0.15) is 11.5 Å². The molecule has 3 aromatic rings. The van der Waals surface area contributed by atoms with Crippen molar-refractivity contribution < 1.29 is 14.3 Å². The highest BCUT2D eigenvalue weighted by molar-refractivity contribution is 7.99. The van der Waals surface area contributed by atoms with Gasteiger partial charge >= 0.3 is 0 Å². The van der Waals surface area contributed by atoms with Crippen molar-refractivity contribution in [3.8, 4) is 28.6 Å². The van der Waals surface area contributed by atoms with Crippen LogP contribution in [-0.2, 0) is 4.79 Å². The molecule has 0 saturated carbocycles. The van der Waals surface area contributed by atoms with E-state index in [0.717, 1.165) is 29.8 Å². The summed E-state index contributed by atoms with van der Waals surface area (Å²) in [7, 11) is 3.27. The first-order chi connectivity index (χ1) is 16.4. The number of methoxy groups -OCH3 is 2. The summed E-state index contributed by atoms with van der Waals surface area (Å²) in [6.45, 7) is 6.50. The monoisotopic (exact) mass is 482 g/mol. The number of ether oxygens (including phenoxy) is 2. The predicted octanol–water partition coefficient (Wildman–Crippen LogP) is 5.37. The van der Waals surface area contributed by atoms with Gasteiger partial charge in [-0.3, -0.25) is 9.36 Å². The van der Waals surface area contributed by atoms with Gasteiger partial charge in [-0.1, -0.05) is 50.6 Å². The van der Waals surface area contributed by atoms with Crippen LogP contribution in [0.3, 0.4) is 0 Å². The average molecular weight is 483 g/mol. The SMILES string of the molecule is COc1ccc(-n2c(SCC(=O)N[C@H](C)CCCC(C)C)nnc2-c2ccccc2OC)cc1. The van der Waals surface area contributed by atoms with Gasteiger partial charge in [0.25, 0.3) is 0 Å². The molecule has 1 atom stereocenters. The Hall–Kier alpha value is -3.00. The molecule has 2 aromatic carbocycles. The first kappa shape index (κ1) is 25.6. The molecule has 0 unspecified atom stereocenters. The number of hydrogen-bond acceptors (Lipinski definition) is 6. The fraction of sp³-hybridized carbons (Fsp3) is 0.423. The van der Waals surface area contributed by atoms with Crippen LogP contribution in [-0.4, -0.2) is 46.7 Å². The number of hydrogen-bond donors (Lipinski definition) is 1. The molecule has 8 heteroatoms. The fourth-order valence-corrected chi connectivity index (χ4v) is 4.45. The van der Waals surface area contributed by atoms with E-state index in [4.69, 9.17) is 9.47 Å². The Morgan fingerprint density at radius 3 is 2.41 bits per heavy atom. The Balaban J connectivity index is 1.80. The second-order valence-electron chi connectivity index (χ2n) is 8.62. The molecule has 34 heavy (non-hydrogen) atoms. The Morgan fingerprint density at radius 2 is 1.74 bits per heavy atom. The lowest BCUT2D eigenvalue weighted by Crippen LogP contribution is -2.33. The van der Waals surface area contributed by atoms with Gasteiger partial charge in [0.05, 0.1) is 31.2 Å². The molecule has 0 fully saturated rings. The molecule has 1 heterocycles. The third-order valence-electron chi connectivity index (χ3n) is 5.47. The molecule has 1 N–H and O–H groups in total. The number of thioether (sulfide) groups is 1. The summed E-state index contributed by atoms with van der Waals surface area (Å²) in [6, 6.07) is 15.5. The lowest BCUT2D eigenvalue weighted by molar-refractivity contribution is -0.119. The molecule has 0 aliphatic heterocycles. The maximum absolute atomic E-state index is 12.6. The lowest BCUT2D eigenvalue weighted by Gasteiger charge is -2.15. The number of para-hydroxylation sites is 1. The molecule has 0 aliphatic carbocycles. The van der Waals surface area contributed by atoms with Crippen molar-refractivity contribution in [3.05, 3.63) is 48.5 Å². The van der Waals surface area contributed by atoms with Crippen molar-refractivity contribution >= 4 is 17.7 Å². The zero-order valence-corrected chi connectivity index (χ0v) is 21.4. The predicted molar refractivity (Wildman–Crippen MR) is 137 cm³/mol. The van der Waals surface area contributed by atoms with Gasteiger partial charge in [0.15, 0.2) is 11.0 Å². The molecule has 7 nitrogen and oxygen atoms in total. The van der Waals surface area contributed by atoms with Gasteiger partial charge in [-0.2, -0.15) is 0 Å². The van der Waals surface area contributed by atoms with Crippen molar-refractivity contribution in [2.45, 2.75) is 51.2 Å². The molecule has 1 amide bonds. The van der Waals surface area contributed by atoms with E-state index in [9.17, 15) is 4.79 Å². The van der Waals surface area contributed by atoms with Crippen molar-refractivity contribution in [1.82, 2.24) is 20.1 Å². The van der Waals surface area contributed by atoms with Gasteiger partial charge in [0.2, 0.25) is 5.91 Å². The first-order valence-electron chi connectivity index (χ1n) is 11.6. The normalized spacial score (nSPS) is 11.9. The molecule has 0 saturated heterocycles. The second-order valence-corrected chi connectivity index (χ2v) is 9.56. The van der Waals surface area contributed by atoms with Gasteiger partial charge < -0.3 is 14.8 Å². The average Bonchev–Trinajstić information content (AvgIpc) is 3.26. The van der Waals surface area contributed by atoms with Gasteiger partial charge in [-0.15, -0.1) is 10.2 Å². The van der Waals surface area contributed by atoms with Crippen molar-refractivity contribution in [2.75, 3.05) is 20.0 Å². The summed E-state index contributed by atoms with van der Waals surface area (Å²) in [5.74, 6) is 3.04. The van der Waals surface area contributed by atoms with E-state index in [1.54, 1.807) is 14.2 Å². The van der Waals surface area contributed by atoms with E-state index in [1.807, 2.05) is 53.1 Å². The molecule has 0 bridgehead atoms. The quantitative estimate of drug-likeness (QED) is 0.350. The van der Waals surface area contributed by atoms with E-state index in [-0.39, 0.29) is 17.7 Å². The van der Waals surface area contributed by atoms with Crippen LogP contribution in [0.25, 0.3) is 17.1 Å². The van der Waals surface area contributed by atoms with E-state index in [2.05, 4.69) is 36.3 Å². The minimum absolute atomic E-state index is 0.00910. The fourth-order valence-electron chi connectivity index (χ4n) is 3.68. The minimum Gasteiger partial charge on any atom is -0.497 e. The Labute approximate surface area is 206 Å². The summed E-state index contributed by atoms with van der Waals surface area (Å²) in [4.78, 5) is 12.6. The van der Waals surface area contributed by atoms with Crippen LogP contribution in [0.1, 0.15) is 40.0 Å². The lowest BCUT2D eigenvalue weighted by atomic mass is 10.0. The number of carbonyl (C=O) groups excluding carboxylic acids is 1. The molecule has 1 aromatic heterocycles. The number of nitrogens with one attached hydrogen (secondary N) is 1. The highest BCUT2D eigenvalue weighted by atomic mass is 32.2. The third-order valence-corrected chi connectivity index (χ3v) is 6.40. The Kier molecular flexibility index (Phi) is 9.39. The van der Waals surface area contributed by atoms with Crippen LogP contribution >= 0.6 is 11.8 Å². The number of benzene rings is 2. The van der Waals surface area contributed by atoms with Crippen LogP contribution in [0.5, 0.6) is 11.5 Å². The number of carbonyl (C=O) groups is 1. The summed E-state index contributed by atoms with van der Waals surface area (Å²) in [5.41, 5.74) is 1.69. The van der Waals surface area contributed by atoms with Crippen molar-refractivity contribution in [2.24, 2.45) is 5.92 Å². The molecule has 0 radical (unpaired) electrons. The maximum Gasteiger partial charge on any atom is 0.230 e. The summed E-state index contributed by atoms with van der Waals surface area (Å²) < 4.78 is 12.8. The molecule has 182 valence electrons. The molecule has 0 aliphatic rings. The highest BCUT2D eigenvalue weighted by Crippen LogP contribution is 2.33. The van der Waals surface area contributed by atoms with Crippen LogP contribution in [0.15, 0.2) is 53.7 Å². The standard InChI is InChI=1S/C26H34N4O3S/c1-18(2)9-8-10-19(3)27-24(31)17-34-26-29-28-25(22-11-6-7-12-23(22)33-5)30(26)20-13-15-21(32-4)16-14-20/h6-7,11-16,18-19H,8-10,17H2,1-5H3,(H,27,31)/t19-/m1/s1. The van der Waals surface area contributed by atoms with Crippen LogP contribution in [0, 0.1) is 5.92 Å². The zero-order valence-electron chi connectivity index (χ0n) is 20.6.